The van der Waals surface area contributed by atoms with E-state index in [1.807, 2.05) is 25.1 Å². The Kier molecular flexibility index (Phi) is 5.47. The smallest absolute Gasteiger partial charge is 0.305 e. The number of imide groups is 1. The number of benzene rings is 1. The van der Waals surface area contributed by atoms with E-state index in [0.29, 0.717) is 19.4 Å². The Balaban J connectivity index is 1.59. The van der Waals surface area contributed by atoms with Crippen molar-refractivity contribution in [3.05, 3.63) is 53.9 Å². The third kappa shape index (κ3) is 4.27. The summed E-state index contributed by atoms with van der Waals surface area (Å²) in [4.78, 5) is 35.2. The van der Waals surface area contributed by atoms with Crippen LogP contribution in [0, 0.1) is 0 Å². The Hall–Kier alpha value is -2.59. The zero-order valence-electron chi connectivity index (χ0n) is 17.0. The predicted molar refractivity (Wildman–Crippen MR) is 110 cm³/mol. The number of hydrogen-bond acceptors (Lipinski definition) is 5. The number of nitrogens with zero attached hydrogens (tertiary/aromatic N) is 4. The second-order valence-corrected chi connectivity index (χ2v) is 9.10. The van der Waals surface area contributed by atoms with Crippen molar-refractivity contribution in [1.82, 2.24) is 14.8 Å². The summed E-state index contributed by atoms with van der Waals surface area (Å²) < 4.78 is 37.7. The lowest BCUT2D eigenvalue weighted by Gasteiger charge is -2.23. The summed E-state index contributed by atoms with van der Waals surface area (Å²) in [6, 6.07) is 6.70. The van der Waals surface area contributed by atoms with Crippen molar-refractivity contribution >= 4 is 29.4 Å². The van der Waals surface area contributed by atoms with E-state index in [1.54, 1.807) is 17.3 Å². The van der Waals surface area contributed by atoms with Crippen LogP contribution < -0.4 is 4.90 Å². The minimum absolute atomic E-state index is 0.00144. The van der Waals surface area contributed by atoms with Gasteiger partial charge in [-0.15, -0.1) is 0 Å². The van der Waals surface area contributed by atoms with Crippen molar-refractivity contribution in [3.63, 3.8) is 0 Å². The first-order valence-corrected chi connectivity index (χ1v) is 10.5. The summed E-state index contributed by atoms with van der Waals surface area (Å²) in [6.45, 7) is 0.920. The number of rotatable bonds is 6. The van der Waals surface area contributed by atoms with Crippen LogP contribution >= 0.6 is 11.8 Å². The monoisotopic (exact) mass is 450 g/mol. The van der Waals surface area contributed by atoms with Crippen LogP contribution in [-0.4, -0.2) is 51.9 Å². The van der Waals surface area contributed by atoms with Crippen LogP contribution in [0.25, 0.3) is 0 Å². The molecule has 3 amide bonds. The van der Waals surface area contributed by atoms with Crippen LogP contribution in [0.15, 0.2) is 47.6 Å². The highest BCUT2D eigenvalue weighted by Crippen LogP contribution is 2.50. The lowest BCUT2D eigenvalue weighted by Crippen LogP contribution is -2.37. The van der Waals surface area contributed by atoms with Gasteiger partial charge < -0.3 is 9.80 Å². The highest BCUT2D eigenvalue weighted by molar-refractivity contribution is 8.00. The molecule has 0 unspecified atom stereocenters. The second-order valence-electron chi connectivity index (χ2n) is 7.96. The highest BCUT2D eigenvalue weighted by Gasteiger charge is 2.65. The molecule has 1 saturated carbocycles. The Bertz CT molecular complexity index is 1010. The molecule has 0 radical (unpaired) electrons. The van der Waals surface area contributed by atoms with Crippen molar-refractivity contribution < 1.29 is 22.8 Å². The standard InChI is InChI=1S/C21H21F3N4O2S/c1-26(2)12-15-11-25-10-7-14(15)13-27-19(30)28(18(29)20(27)8-9-20)16-3-5-17(6-4-16)31-21(22,23)24/h3-7,10-11H,8-9,12-13H2,1-2H3. The van der Waals surface area contributed by atoms with Gasteiger partial charge in [-0.25, -0.2) is 9.69 Å². The summed E-state index contributed by atoms with van der Waals surface area (Å²) in [5.74, 6) is -0.322. The zero-order chi connectivity index (χ0) is 22.4. The van der Waals surface area contributed by atoms with Crippen molar-refractivity contribution in [3.8, 4) is 0 Å². The van der Waals surface area contributed by atoms with Crippen molar-refractivity contribution in [2.75, 3.05) is 19.0 Å². The van der Waals surface area contributed by atoms with Gasteiger partial charge in [0.2, 0.25) is 0 Å². The number of pyridine rings is 1. The van der Waals surface area contributed by atoms with Crippen molar-refractivity contribution in [1.29, 1.82) is 0 Å². The molecule has 10 heteroatoms. The number of urea groups is 1. The maximum atomic E-state index is 13.2. The normalized spacial score (nSPS) is 17.9. The molecule has 31 heavy (non-hydrogen) atoms. The summed E-state index contributed by atoms with van der Waals surface area (Å²) in [7, 11) is 3.87. The number of hydrogen-bond donors (Lipinski definition) is 0. The molecule has 0 atom stereocenters. The molecule has 2 aromatic rings. The Morgan fingerprint density at radius 2 is 1.77 bits per heavy atom. The second kappa shape index (κ2) is 7.83. The fraction of sp³-hybridized carbons (Fsp3) is 0.381. The van der Waals surface area contributed by atoms with E-state index in [4.69, 9.17) is 0 Å². The lowest BCUT2D eigenvalue weighted by atomic mass is 10.1. The van der Waals surface area contributed by atoms with E-state index in [-0.39, 0.29) is 34.8 Å². The number of anilines is 1. The SMILES string of the molecule is CN(C)Cc1cnccc1CN1C(=O)N(c2ccc(SC(F)(F)F)cc2)C(=O)C12CC2. The molecule has 164 valence electrons. The summed E-state index contributed by atoms with van der Waals surface area (Å²) >= 11 is -0.234. The van der Waals surface area contributed by atoms with Crippen molar-refractivity contribution in [2.24, 2.45) is 0 Å². The molecule has 1 aromatic carbocycles. The van der Waals surface area contributed by atoms with E-state index >= 15 is 0 Å². The third-order valence-electron chi connectivity index (χ3n) is 5.41. The number of carbonyl (C=O) groups is 2. The maximum Gasteiger partial charge on any atom is 0.446 e. The largest absolute Gasteiger partial charge is 0.446 e. The molecule has 1 aliphatic carbocycles. The van der Waals surface area contributed by atoms with Gasteiger partial charge in [0.05, 0.1) is 5.69 Å². The van der Waals surface area contributed by atoms with E-state index < -0.39 is 17.1 Å². The van der Waals surface area contributed by atoms with Crippen LogP contribution in [0.1, 0.15) is 24.0 Å². The Morgan fingerprint density at radius 3 is 2.35 bits per heavy atom. The molecule has 1 spiro atoms. The number of amides is 3. The Labute approximate surface area is 182 Å². The van der Waals surface area contributed by atoms with Gasteiger partial charge >= 0.3 is 11.5 Å². The van der Waals surface area contributed by atoms with Crippen LogP contribution in [-0.2, 0) is 17.9 Å². The summed E-state index contributed by atoms with van der Waals surface area (Å²) in [5.41, 5.74) is -3.11. The molecule has 2 heterocycles. The molecule has 1 aliphatic heterocycles. The van der Waals surface area contributed by atoms with Gasteiger partial charge in [0.15, 0.2) is 0 Å². The molecule has 0 bridgehead atoms. The van der Waals surface area contributed by atoms with Crippen LogP contribution in [0.4, 0.5) is 23.7 Å². The molecule has 6 nitrogen and oxygen atoms in total. The van der Waals surface area contributed by atoms with E-state index in [0.717, 1.165) is 16.0 Å². The molecule has 1 saturated heterocycles. The van der Waals surface area contributed by atoms with Crippen LogP contribution in [0.2, 0.25) is 0 Å². The molecule has 1 aromatic heterocycles. The van der Waals surface area contributed by atoms with Gasteiger partial charge in [0.1, 0.15) is 5.54 Å². The highest BCUT2D eigenvalue weighted by atomic mass is 32.2. The topological polar surface area (TPSA) is 56.8 Å². The maximum absolute atomic E-state index is 13.2. The first-order valence-electron chi connectivity index (χ1n) is 9.69. The molecule has 2 fully saturated rings. The minimum atomic E-state index is -4.40. The first-order chi connectivity index (χ1) is 14.6. The first kappa shape index (κ1) is 21.6. The quantitative estimate of drug-likeness (QED) is 0.486. The van der Waals surface area contributed by atoms with Crippen LogP contribution in [0.3, 0.4) is 0 Å². The lowest BCUT2D eigenvalue weighted by molar-refractivity contribution is -0.120. The molecular weight excluding hydrogens is 429 g/mol. The number of carbonyl (C=O) groups excluding carboxylic acids is 2. The molecule has 2 aliphatic rings. The van der Waals surface area contributed by atoms with Gasteiger partial charge in [-0.05, 0) is 80.2 Å². The van der Waals surface area contributed by atoms with Gasteiger partial charge in [-0.3, -0.25) is 9.78 Å². The number of alkyl halides is 3. The third-order valence-corrected chi connectivity index (χ3v) is 6.15. The Morgan fingerprint density at radius 1 is 1.10 bits per heavy atom. The van der Waals surface area contributed by atoms with Crippen molar-refractivity contribution in [2.45, 2.75) is 41.9 Å². The average Bonchev–Trinajstić information content (AvgIpc) is 3.45. The van der Waals surface area contributed by atoms with E-state index in [1.165, 1.54) is 24.3 Å². The number of halogens is 3. The fourth-order valence-electron chi connectivity index (χ4n) is 3.82. The van der Waals surface area contributed by atoms with Gasteiger partial charge in [0.25, 0.3) is 5.91 Å². The van der Waals surface area contributed by atoms with E-state index in [2.05, 4.69) is 4.98 Å². The molecule has 4 rings (SSSR count). The zero-order valence-corrected chi connectivity index (χ0v) is 17.8. The van der Waals surface area contributed by atoms with Crippen LogP contribution in [0.5, 0.6) is 0 Å². The summed E-state index contributed by atoms with van der Waals surface area (Å²) in [5, 5.41) is 0. The fourth-order valence-corrected chi connectivity index (χ4v) is 4.36. The predicted octanol–water partition coefficient (Wildman–Crippen LogP) is 4.26. The number of aromatic nitrogens is 1. The summed E-state index contributed by atoms with van der Waals surface area (Å²) in [6.07, 6.45) is 4.56. The molecular formula is C21H21F3N4O2S. The van der Waals surface area contributed by atoms with E-state index in [9.17, 15) is 22.8 Å². The van der Waals surface area contributed by atoms with Gasteiger partial charge in [-0.1, -0.05) is 0 Å². The van der Waals surface area contributed by atoms with Gasteiger partial charge in [-0.2, -0.15) is 13.2 Å². The number of thioether (sulfide) groups is 1. The average molecular weight is 450 g/mol. The molecule has 0 N–H and O–H groups in total. The van der Waals surface area contributed by atoms with Gasteiger partial charge in [0, 0.05) is 30.4 Å². The minimum Gasteiger partial charge on any atom is -0.305 e.